The van der Waals surface area contributed by atoms with Gasteiger partial charge in [0.1, 0.15) is 13.1 Å². The molecule has 1 atom stereocenters. The first-order chi connectivity index (χ1) is 13.3. The number of nitrogens with one attached hydrogen (secondary N) is 2. The fraction of sp³-hybridized carbons (Fsp3) is 0.273. The Balaban J connectivity index is 1.32. The lowest BCUT2D eigenvalue weighted by molar-refractivity contribution is -0.929. The van der Waals surface area contributed by atoms with E-state index in [9.17, 15) is 4.79 Å². The van der Waals surface area contributed by atoms with E-state index in [0.29, 0.717) is 6.42 Å². The lowest BCUT2D eigenvalue weighted by Crippen LogP contribution is -3.10. The minimum atomic E-state index is 0.0402. The number of aromatic nitrogens is 1. The number of fused-ring (bicyclic) bond motifs is 1. The largest absolute Gasteiger partial charge is 0.326 e. The van der Waals surface area contributed by atoms with Gasteiger partial charge in [0.05, 0.1) is 17.1 Å². The maximum absolute atomic E-state index is 12.3. The van der Waals surface area contributed by atoms with E-state index in [2.05, 4.69) is 52.8 Å². The van der Waals surface area contributed by atoms with Crippen LogP contribution in [-0.4, -0.2) is 17.4 Å². The summed E-state index contributed by atoms with van der Waals surface area (Å²) in [4.78, 5) is 19.8. The van der Waals surface area contributed by atoms with Crippen molar-refractivity contribution in [3.05, 3.63) is 82.4 Å². The normalized spacial score (nSPS) is 15.9. The number of rotatable bonds is 6. The van der Waals surface area contributed by atoms with Crippen molar-refractivity contribution in [3.63, 3.8) is 0 Å². The van der Waals surface area contributed by atoms with E-state index >= 15 is 0 Å². The van der Waals surface area contributed by atoms with Crippen LogP contribution in [0.15, 0.2) is 60.7 Å². The molecule has 27 heavy (non-hydrogen) atoms. The van der Waals surface area contributed by atoms with Crippen LogP contribution >= 0.6 is 11.3 Å². The summed E-state index contributed by atoms with van der Waals surface area (Å²) < 4.78 is 0. The Morgan fingerprint density at radius 3 is 2.48 bits per heavy atom. The minimum Gasteiger partial charge on any atom is -0.326 e. The van der Waals surface area contributed by atoms with Crippen molar-refractivity contribution in [2.75, 3.05) is 11.9 Å². The predicted octanol–water partition coefficient (Wildman–Crippen LogP) is 2.86. The lowest BCUT2D eigenvalue weighted by atomic mass is 10.1. The van der Waals surface area contributed by atoms with Gasteiger partial charge in [-0.15, -0.1) is 0 Å². The van der Waals surface area contributed by atoms with Crippen molar-refractivity contribution in [1.82, 2.24) is 4.98 Å². The molecule has 1 aliphatic rings. The lowest BCUT2D eigenvalue weighted by Gasteiger charge is -2.22. The Kier molecular flexibility index (Phi) is 5.61. The van der Waals surface area contributed by atoms with Crippen LogP contribution in [0.1, 0.15) is 28.1 Å². The number of hydrogen-bond donors (Lipinski definition) is 2. The van der Waals surface area contributed by atoms with Gasteiger partial charge in [0, 0.05) is 18.4 Å². The number of quaternary nitrogens is 1. The van der Waals surface area contributed by atoms with Crippen LogP contribution in [0, 0.1) is 0 Å². The van der Waals surface area contributed by atoms with Crippen molar-refractivity contribution in [1.29, 1.82) is 0 Å². The highest BCUT2D eigenvalue weighted by molar-refractivity contribution is 7.15. The summed E-state index contributed by atoms with van der Waals surface area (Å²) in [5.74, 6) is 0.0402. The van der Waals surface area contributed by atoms with Crippen LogP contribution in [0.3, 0.4) is 0 Å². The number of thiazole rings is 1. The van der Waals surface area contributed by atoms with Gasteiger partial charge in [-0.05, 0) is 12.0 Å². The summed E-state index contributed by atoms with van der Waals surface area (Å²) in [5, 5.41) is 3.74. The molecule has 138 valence electrons. The van der Waals surface area contributed by atoms with Crippen LogP contribution < -0.4 is 10.2 Å². The molecule has 4 rings (SSSR count). The first kappa shape index (κ1) is 17.9. The number of anilines is 1. The average molecular weight is 379 g/mol. The minimum absolute atomic E-state index is 0.0402. The van der Waals surface area contributed by atoms with Crippen LogP contribution in [0.2, 0.25) is 0 Å². The van der Waals surface area contributed by atoms with Crippen molar-refractivity contribution in [3.8, 4) is 0 Å². The highest BCUT2D eigenvalue weighted by Crippen LogP contribution is 2.24. The second kappa shape index (κ2) is 8.46. The summed E-state index contributed by atoms with van der Waals surface area (Å²) in [7, 11) is 0. The number of aryl methyl sites for hydroxylation is 1. The van der Waals surface area contributed by atoms with E-state index in [0.717, 1.165) is 43.3 Å². The molecule has 4 nitrogen and oxygen atoms in total. The Labute approximate surface area is 163 Å². The zero-order valence-corrected chi connectivity index (χ0v) is 16.1. The van der Waals surface area contributed by atoms with Gasteiger partial charge in [0.25, 0.3) is 0 Å². The molecular weight excluding hydrogens is 354 g/mol. The number of carbonyl (C=O) groups excluding carboxylic acids is 1. The quantitative estimate of drug-likeness (QED) is 0.693. The average Bonchev–Trinajstić information content (AvgIpc) is 3.09. The zero-order valence-electron chi connectivity index (χ0n) is 15.3. The number of carbonyl (C=O) groups is 1. The molecule has 0 fully saturated rings. The molecule has 1 amide bonds. The molecule has 0 saturated carbocycles. The van der Waals surface area contributed by atoms with Gasteiger partial charge in [-0.25, -0.2) is 4.98 Å². The van der Waals surface area contributed by atoms with Crippen molar-refractivity contribution in [2.45, 2.75) is 32.4 Å². The molecule has 1 aliphatic heterocycles. The van der Waals surface area contributed by atoms with Gasteiger partial charge in [-0.2, -0.15) is 0 Å². The third kappa shape index (κ3) is 4.81. The maximum Gasteiger partial charge on any atom is 0.226 e. The Morgan fingerprint density at radius 2 is 1.74 bits per heavy atom. The highest BCUT2D eigenvalue weighted by Gasteiger charge is 2.24. The smallest absolute Gasteiger partial charge is 0.226 e. The van der Waals surface area contributed by atoms with Gasteiger partial charge >= 0.3 is 0 Å². The molecule has 2 N–H and O–H groups in total. The summed E-state index contributed by atoms with van der Waals surface area (Å²) >= 11 is 1.64. The van der Waals surface area contributed by atoms with E-state index in [-0.39, 0.29) is 5.91 Å². The fourth-order valence-electron chi connectivity index (χ4n) is 3.50. The Morgan fingerprint density at radius 1 is 1.04 bits per heavy atom. The molecule has 3 aromatic rings. The predicted molar refractivity (Wildman–Crippen MR) is 109 cm³/mol. The van der Waals surface area contributed by atoms with E-state index < -0.39 is 0 Å². The molecular formula is C22H24N3OS+. The molecule has 1 aromatic heterocycles. The molecule has 2 aromatic carbocycles. The van der Waals surface area contributed by atoms with Gasteiger partial charge in [0.15, 0.2) is 5.13 Å². The maximum atomic E-state index is 12.3. The molecule has 0 spiro atoms. The molecule has 0 aliphatic carbocycles. The first-order valence-electron chi connectivity index (χ1n) is 9.46. The summed E-state index contributed by atoms with van der Waals surface area (Å²) in [6.07, 6.45) is 2.22. The van der Waals surface area contributed by atoms with Gasteiger partial charge < -0.3 is 10.2 Å². The second-order valence-corrected chi connectivity index (χ2v) is 8.10. The number of hydrogen-bond acceptors (Lipinski definition) is 3. The highest BCUT2D eigenvalue weighted by atomic mass is 32.1. The molecule has 0 saturated heterocycles. The number of benzene rings is 2. The molecule has 5 heteroatoms. The first-order valence-corrected chi connectivity index (χ1v) is 10.3. The van der Waals surface area contributed by atoms with Crippen LogP contribution in [-0.2, 0) is 30.7 Å². The third-order valence-corrected chi connectivity index (χ3v) is 5.94. The van der Waals surface area contributed by atoms with E-state index in [1.807, 2.05) is 18.2 Å². The Bertz CT molecular complexity index is 892. The van der Waals surface area contributed by atoms with E-state index in [1.165, 1.54) is 16.0 Å². The summed E-state index contributed by atoms with van der Waals surface area (Å²) in [6, 6.07) is 20.7. The van der Waals surface area contributed by atoms with Gasteiger partial charge in [0.2, 0.25) is 5.91 Å². The van der Waals surface area contributed by atoms with E-state index in [1.54, 1.807) is 16.2 Å². The number of amides is 1. The number of nitrogens with zero attached hydrogens (tertiary/aromatic N) is 1. The fourth-order valence-corrected chi connectivity index (χ4v) is 4.60. The van der Waals surface area contributed by atoms with Crippen LogP contribution in [0.5, 0.6) is 0 Å². The third-order valence-electron chi connectivity index (χ3n) is 4.93. The van der Waals surface area contributed by atoms with Gasteiger partial charge in [-0.3, -0.25) is 4.79 Å². The SMILES string of the molecule is O=C(CCc1ccccc1)Nc1nc2c(s1)C[NH+](Cc1ccccc1)CC2. The molecule has 2 heterocycles. The molecule has 1 unspecified atom stereocenters. The summed E-state index contributed by atoms with van der Waals surface area (Å²) in [6.45, 7) is 3.12. The Hall–Kier alpha value is -2.50. The zero-order chi connectivity index (χ0) is 18.5. The van der Waals surface area contributed by atoms with Crippen LogP contribution in [0.25, 0.3) is 0 Å². The van der Waals surface area contributed by atoms with Gasteiger partial charge in [-0.1, -0.05) is 72.0 Å². The topological polar surface area (TPSA) is 46.4 Å². The van der Waals surface area contributed by atoms with Crippen molar-refractivity contribution < 1.29 is 9.69 Å². The van der Waals surface area contributed by atoms with E-state index in [4.69, 9.17) is 0 Å². The monoisotopic (exact) mass is 378 g/mol. The molecule has 0 bridgehead atoms. The van der Waals surface area contributed by atoms with Crippen LogP contribution in [0.4, 0.5) is 5.13 Å². The molecule has 0 radical (unpaired) electrons. The second-order valence-electron chi connectivity index (χ2n) is 7.01. The van der Waals surface area contributed by atoms with Crippen molar-refractivity contribution in [2.24, 2.45) is 0 Å². The summed E-state index contributed by atoms with van der Waals surface area (Å²) in [5.41, 5.74) is 3.72. The standard InChI is InChI=1S/C22H23N3OS/c26-21(12-11-17-7-3-1-4-8-17)24-22-23-19-13-14-25(16-20(19)27-22)15-18-9-5-2-6-10-18/h1-10H,11-16H2,(H,23,24,26)/p+1. The van der Waals surface area contributed by atoms with Crippen molar-refractivity contribution >= 4 is 22.4 Å².